The summed E-state index contributed by atoms with van der Waals surface area (Å²) in [6, 6.07) is 1.15. The van der Waals surface area contributed by atoms with Crippen LogP contribution in [0.15, 0.2) is 6.07 Å². The van der Waals surface area contributed by atoms with Crippen molar-refractivity contribution in [1.82, 2.24) is 0 Å². The summed E-state index contributed by atoms with van der Waals surface area (Å²) in [6.07, 6.45) is 0.240. The van der Waals surface area contributed by atoms with Crippen LogP contribution in [0.25, 0.3) is 0 Å². The fourth-order valence-electron chi connectivity index (χ4n) is 1.83. The number of carboxylic acid groups (broad SMARTS) is 1. The number of benzene rings is 1. The number of aliphatic carboxylic acids is 1. The van der Waals surface area contributed by atoms with Gasteiger partial charge < -0.3 is 20.7 Å². The molecule has 1 atom stereocenters. The summed E-state index contributed by atoms with van der Waals surface area (Å²) in [5.74, 6) is -0.141. The Bertz CT molecular complexity index is 457. The molecule has 5 heteroatoms. The van der Waals surface area contributed by atoms with E-state index in [9.17, 15) is 9.90 Å². The highest BCUT2D eigenvalue weighted by Gasteiger charge is 2.18. The Morgan fingerprint density at radius 2 is 2.06 bits per heavy atom. The number of phenols is 1. The molecule has 0 bridgehead atoms. The molecule has 1 aromatic carbocycles. The largest absolute Gasteiger partial charge is 0.507 e. The van der Waals surface area contributed by atoms with Crippen LogP contribution in [-0.2, 0) is 4.79 Å². The van der Waals surface area contributed by atoms with E-state index in [1.807, 2.05) is 6.92 Å². The Labute approximate surface area is 106 Å². The maximum absolute atomic E-state index is 10.5. The standard InChI is InChI=1S/C13H19NO4/c1-7-8(2)13(17)9(6-11(7)18-3)10(14)4-5-12(15)16/h6,10,17H,4-5,14H2,1-3H3,(H,15,16). The number of phenolic OH excluding ortho intramolecular Hbond substituents is 1. The molecule has 0 radical (unpaired) electrons. The van der Waals surface area contributed by atoms with Crippen molar-refractivity contribution >= 4 is 5.97 Å². The van der Waals surface area contributed by atoms with E-state index in [1.165, 1.54) is 0 Å². The molecule has 0 aliphatic carbocycles. The molecule has 0 aromatic heterocycles. The maximum Gasteiger partial charge on any atom is 0.303 e. The van der Waals surface area contributed by atoms with Crippen LogP contribution in [0.1, 0.15) is 35.6 Å². The number of carboxylic acids is 1. The molecule has 0 aliphatic rings. The molecule has 100 valence electrons. The van der Waals surface area contributed by atoms with Crippen molar-refractivity contribution in [3.63, 3.8) is 0 Å². The molecular weight excluding hydrogens is 234 g/mol. The lowest BCUT2D eigenvalue weighted by Crippen LogP contribution is -2.13. The van der Waals surface area contributed by atoms with Gasteiger partial charge in [-0.1, -0.05) is 0 Å². The average molecular weight is 253 g/mol. The van der Waals surface area contributed by atoms with E-state index in [2.05, 4.69) is 0 Å². The predicted octanol–water partition coefficient (Wildman–Crippen LogP) is 1.88. The first-order valence-corrected chi connectivity index (χ1v) is 5.72. The van der Waals surface area contributed by atoms with Crippen LogP contribution in [0.2, 0.25) is 0 Å². The second-order valence-electron chi connectivity index (χ2n) is 4.31. The Kier molecular flexibility index (Phi) is 4.55. The molecule has 5 nitrogen and oxygen atoms in total. The van der Waals surface area contributed by atoms with Crippen LogP contribution in [0, 0.1) is 13.8 Å². The van der Waals surface area contributed by atoms with Crippen LogP contribution in [0.3, 0.4) is 0 Å². The first-order chi connectivity index (χ1) is 8.38. The normalized spacial score (nSPS) is 12.2. The molecule has 0 saturated carbocycles. The summed E-state index contributed by atoms with van der Waals surface area (Å²) >= 11 is 0. The molecule has 0 aliphatic heterocycles. The van der Waals surface area contributed by atoms with Gasteiger partial charge >= 0.3 is 5.97 Å². The fraction of sp³-hybridized carbons (Fsp3) is 0.462. The van der Waals surface area contributed by atoms with E-state index >= 15 is 0 Å². The van der Waals surface area contributed by atoms with Crippen molar-refractivity contribution in [1.29, 1.82) is 0 Å². The van der Waals surface area contributed by atoms with Gasteiger partial charge in [-0.2, -0.15) is 0 Å². The van der Waals surface area contributed by atoms with Crippen molar-refractivity contribution in [3.05, 3.63) is 22.8 Å². The van der Waals surface area contributed by atoms with Gasteiger partial charge in [0.1, 0.15) is 11.5 Å². The number of hydrogen-bond acceptors (Lipinski definition) is 4. The number of nitrogens with two attached hydrogens (primary N) is 1. The van der Waals surface area contributed by atoms with Crippen LogP contribution >= 0.6 is 0 Å². The topological polar surface area (TPSA) is 92.8 Å². The van der Waals surface area contributed by atoms with Crippen LogP contribution in [0.5, 0.6) is 11.5 Å². The quantitative estimate of drug-likeness (QED) is 0.745. The molecule has 1 rings (SSSR count). The molecule has 18 heavy (non-hydrogen) atoms. The van der Waals surface area contributed by atoms with Gasteiger partial charge in [0.2, 0.25) is 0 Å². The molecule has 1 aromatic rings. The van der Waals surface area contributed by atoms with E-state index < -0.39 is 12.0 Å². The van der Waals surface area contributed by atoms with Crippen molar-refractivity contribution in [2.75, 3.05) is 7.11 Å². The number of rotatable bonds is 5. The zero-order chi connectivity index (χ0) is 13.9. The minimum absolute atomic E-state index is 0.0319. The third-order valence-corrected chi connectivity index (χ3v) is 3.14. The Hall–Kier alpha value is -1.75. The first-order valence-electron chi connectivity index (χ1n) is 5.72. The summed E-state index contributed by atoms with van der Waals surface area (Å²) in [4.78, 5) is 10.5. The van der Waals surface area contributed by atoms with Gasteiger partial charge in [0, 0.05) is 18.0 Å². The SMILES string of the molecule is COc1cc(C(N)CCC(=O)O)c(O)c(C)c1C. The maximum atomic E-state index is 10.5. The van der Waals surface area contributed by atoms with Crippen LogP contribution < -0.4 is 10.5 Å². The molecule has 4 N–H and O–H groups in total. The zero-order valence-corrected chi connectivity index (χ0v) is 10.9. The van der Waals surface area contributed by atoms with Gasteiger partial charge in [0.25, 0.3) is 0 Å². The lowest BCUT2D eigenvalue weighted by atomic mass is 9.96. The second kappa shape index (κ2) is 5.73. The van der Waals surface area contributed by atoms with E-state index in [4.69, 9.17) is 15.6 Å². The minimum atomic E-state index is -0.902. The smallest absolute Gasteiger partial charge is 0.303 e. The fourth-order valence-corrected chi connectivity index (χ4v) is 1.83. The van der Waals surface area contributed by atoms with E-state index in [-0.39, 0.29) is 18.6 Å². The Morgan fingerprint density at radius 3 is 2.56 bits per heavy atom. The van der Waals surface area contributed by atoms with E-state index in [0.717, 1.165) is 5.56 Å². The third kappa shape index (κ3) is 2.92. The van der Waals surface area contributed by atoms with Crippen LogP contribution in [0.4, 0.5) is 0 Å². The highest BCUT2D eigenvalue weighted by atomic mass is 16.5. The number of hydrogen-bond donors (Lipinski definition) is 3. The lowest BCUT2D eigenvalue weighted by Gasteiger charge is -2.18. The minimum Gasteiger partial charge on any atom is -0.507 e. The molecule has 0 spiro atoms. The summed E-state index contributed by atoms with van der Waals surface area (Å²) in [7, 11) is 1.55. The number of aromatic hydroxyl groups is 1. The van der Waals surface area contributed by atoms with Crippen molar-refractivity contribution in [2.45, 2.75) is 32.7 Å². The number of ether oxygens (including phenoxy) is 1. The third-order valence-electron chi connectivity index (χ3n) is 3.14. The monoisotopic (exact) mass is 253 g/mol. The Morgan fingerprint density at radius 1 is 1.44 bits per heavy atom. The zero-order valence-electron chi connectivity index (χ0n) is 10.9. The summed E-state index contributed by atoms with van der Waals surface area (Å²) in [5, 5.41) is 18.7. The van der Waals surface area contributed by atoms with E-state index in [0.29, 0.717) is 16.9 Å². The van der Waals surface area contributed by atoms with Crippen molar-refractivity contribution in [3.8, 4) is 11.5 Å². The average Bonchev–Trinajstić information content (AvgIpc) is 2.33. The lowest BCUT2D eigenvalue weighted by molar-refractivity contribution is -0.137. The molecule has 0 fully saturated rings. The second-order valence-corrected chi connectivity index (χ2v) is 4.31. The number of methoxy groups -OCH3 is 1. The first kappa shape index (κ1) is 14.3. The van der Waals surface area contributed by atoms with Crippen molar-refractivity contribution in [2.24, 2.45) is 5.73 Å². The molecule has 1 unspecified atom stereocenters. The van der Waals surface area contributed by atoms with Crippen molar-refractivity contribution < 1.29 is 19.7 Å². The predicted molar refractivity (Wildman–Crippen MR) is 67.9 cm³/mol. The highest BCUT2D eigenvalue weighted by molar-refractivity contribution is 5.66. The molecule has 0 saturated heterocycles. The van der Waals surface area contributed by atoms with Crippen LogP contribution in [-0.4, -0.2) is 23.3 Å². The molecule has 0 amide bonds. The van der Waals surface area contributed by atoms with Gasteiger partial charge in [-0.3, -0.25) is 4.79 Å². The number of carbonyl (C=O) groups is 1. The molecular formula is C13H19NO4. The van der Waals surface area contributed by atoms with Gasteiger partial charge in [-0.25, -0.2) is 0 Å². The molecule has 0 heterocycles. The van der Waals surface area contributed by atoms with Gasteiger partial charge in [0.15, 0.2) is 0 Å². The van der Waals surface area contributed by atoms with Gasteiger partial charge in [-0.05, 0) is 37.5 Å². The van der Waals surface area contributed by atoms with Gasteiger partial charge in [-0.15, -0.1) is 0 Å². The summed E-state index contributed by atoms with van der Waals surface area (Å²) in [5.41, 5.74) is 7.99. The highest BCUT2D eigenvalue weighted by Crippen LogP contribution is 2.36. The van der Waals surface area contributed by atoms with Gasteiger partial charge in [0.05, 0.1) is 7.11 Å². The van der Waals surface area contributed by atoms with E-state index in [1.54, 1.807) is 20.1 Å². The summed E-state index contributed by atoms with van der Waals surface area (Å²) in [6.45, 7) is 3.63. The summed E-state index contributed by atoms with van der Waals surface area (Å²) < 4.78 is 5.21. The Balaban J connectivity index is 3.08.